The number of ether oxygens (including phenoxy) is 1. The Balaban J connectivity index is 2.43. The van der Waals surface area contributed by atoms with Gasteiger partial charge in [0.15, 0.2) is 0 Å². The van der Waals surface area contributed by atoms with Crippen LogP contribution in [0.25, 0.3) is 0 Å². The van der Waals surface area contributed by atoms with Crippen molar-refractivity contribution in [2.24, 2.45) is 7.05 Å². The summed E-state index contributed by atoms with van der Waals surface area (Å²) in [6, 6.07) is 5.50. The van der Waals surface area contributed by atoms with Gasteiger partial charge in [0.05, 0.1) is 5.69 Å². The Kier molecular flexibility index (Phi) is 3.01. The monoisotopic (exact) mass is 250 g/mol. The molecule has 0 aliphatic heterocycles. The molecule has 5 nitrogen and oxygen atoms in total. The van der Waals surface area contributed by atoms with Crippen molar-refractivity contribution >= 4 is 5.97 Å². The van der Waals surface area contributed by atoms with E-state index in [1.807, 2.05) is 0 Å². The van der Waals surface area contributed by atoms with Crippen molar-refractivity contribution in [1.82, 2.24) is 9.78 Å². The molecule has 0 saturated heterocycles. The van der Waals surface area contributed by atoms with Gasteiger partial charge in [-0.15, -0.1) is 0 Å². The molecular formula is C12H11FN2O3. The predicted molar refractivity (Wildman–Crippen MR) is 61.4 cm³/mol. The highest BCUT2D eigenvalue weighted by atomic mass is 19.1. The Morgan fingerprint density at radius 2 is 2.22 bits per heavy atom. The second kappa shape index (κ2) is 4.48. The zero-order valence-electron chi connectivity index (χ0n) is 9.85. The predicted octanol–water partition coefficient (Wildman–Crippen LogP) is 2.36. The van der Waals surface area contributed by atoms with Crippen molar-refractivity contribution in [2.75, 3.05) is 0 Å². The third-order valence-electron chi connectivity index (χ3n) is 2.36. The van der Waals surface area contributed by atoms with Gasteiger partial charge in [0.2, 0.25) is 5.88 Å². The van der Waals surface area contributed by atoms with E-state index in [4.69, 9.17) is 9.84 Å². The number of aromatic nitrogens is 2. The highest BCUT2D eigenvalue weighted by Crippen LogP contribution is 2.27. The standard InChI is InChI=1S/C12H11FN2O3/c1-7-6-10(15(2)14-7)18-9-5-3-4-8(13)11(9)12(16)17/h3-6H,1-2H3,(H,16,17). The number of nitrogens with zero attached hydrogens (tertiary/aromatic N) is 2. The fraction of sp³-hybridized carbons (Fsp3) is 0.167. The minimum Gasteiger partial charge on any atom is -0.477 e. The average molecular weight is 250 g/mol. The van der Waals surface area contributed by atoms with Crippen LogP contribution in [-0.4, -0.2) is 20.9 Å². The summed E-state index contributed by atoms with van der Waals surface area (Å²) in [5.74, 6) is -1.91. The highest BCUT2D eigenvalue weighted by Gasteiger charge is 2.18. The lowest BCUT2D eigenvalue weighted by atomic mass is 10.2. The molecule has 0 fully saturated rings. The van der Waals surface area contributed by atoms with Gasteiger partial charge < -0.3 is 9.84 Å². The number of benzene rings is 1. The van der Waals surface area contributed by atoms with Gasteiger partial charge >= 0.3 is 5.97 Å². The largest absolute Gasteiger partial charge is 0.477 e. The van der Waals surface area contributed by atoms with E-state index < -0.39 is 17.3 Å². The second-order valence-electron chi connectivity index (χ2n) is 3.77. The van der Waals surface area contributed by atoms with Crippen LogP contribution < -0.4 is 4.74 Å². The quantitative estimate of drug-likeness (QED) is 0.908. The normalized spacial score (nSPS) is 10.4. The summed E-state index contributed by atoms with van der Waals surface area (Å²) in [7, 11) is 1.65. The molecule has 94 valence electrons. The van der Waals surface area contributed by atoms with E-state index in [1.165, 1.54) is 16.8 Å². The van der Waals surface area contributed by atoms with E-state index >= 15 is 0 Å². The smallest absolute Gasteiger partial charge is 0.342 e. The van der Waals surface area contributed by atoms with Gasteiger partial charge in [-0.25, -0.2) is 13.9 Å². The first-order chi connectivity index (χ1) is 8.49. The molecule has 1 heterocycles. The second-order valence-corrected chi connectivity index (χ2v) is 3.77. The van der Waals surface area contributed by atoms with E-state index in [0.29, 0.717) is 5.88 Å². The molecule has 0 radical (unpaired) electrons. The number of carbonyl (C=O) groups is 1. The fourth-order valence-corrected chi connectivity index (χ4v) is 1.59. The molecule has 2 aromatic rings. The van der Waals surface area contributed by atoms with Crippen molar-refractivity contribution in [3.05, 3.63) is 41.3 Å². The van der Waals surface area contributed by atoms with Crippen molar-refractivity contribution in [3.63, 3.8) is 0 Å². The molecule has 0 aliphatic carbocycles. The Labute approximate surface area is 102 Å². The van der Waals surface area contributed by atoms with Crippen molar-refractivity contribution in [2.45, 2.75) is 6.92 Å². The molecule has 0 amide bonds. The minimum absolute atomic E-state index is 0.0505. The van der Waals surface area contributed by atoms with Gasteiger partial charge in [-0.05, 0) is 19.1 Å². The molecule has 6 heteroatoms. The van der Waals surface area contributed by atoms with E-state index in [0.717, 1.165) is 11.8 Å². The molecule has 1 aromatic heterocycles. The van der Waals surface area contributed by atoms with Crippen molar-refractivity contribution < 1.29 is 19.0 Å². The Hall–Kier alpha value is -2.37. The zero-order valence-corrected chi connectivity index (χ0v) is 9.85. The maximum Gasteiger partial charge on any atom is 0.342 e. The van der Waals surface area contributed by atoms with E-state index in [1.54, 1.807) is 20.0 Å². The third-order valence-corrected chi connectivity index (χ3v) is 2.36. The lowest BCUT2D eigenvalue weighted by molar-refractivity contribution is 0.0688. The molecule has 2 rings (SSSR count). The number of halogens is 1. The Morgan fingerprint density at radius 1 is 1.50 bits per heavy atom. The fourth-order valence-electron chi connectivity index (χ4n) is 1.59. The minimum atomic E-state index is -1.37. The molecular weight excluding hydrogens is 239 g/mol. The van der Waals surface area contributed by atoms with E-state index in [2.05, 4.69) is 5.10 Å². The highest BCUT2D eigenvalue weighted by molar-refractivity contribution is 5.91. The van der Waals surface area contributed by atoms with Crippen LogP contribution in [0.2, 0.25) is 0 Å². The summed E-state index contributed by atoms with van der Waals surface area (Å²) >= 11 is 0. The van der Waals surface area contributed by atoms with Crippen LogP contribution in [0.15, 0.2) is 24.3 Å². The SMILES string of the molecule is Cc1cc(Oc2cccc(F)c2C(=O)O)n(C)n1. The molecule has 0 unspecified atom stereocenters. The number of aromatic carboxylic acids is 1. The van der Waals surface area contributed by atoms with Crippen LogP contribution in [0.4, 0.5) is 4.39 Å². The van der Waals surface area contributed by atoms with Crippen LogP contribution in [0.3, 0.4) is 0 Å². The molecule has 0 atom stereocenters. The lowest BCUT2D eigenvalue weighted by Gasteiger charge is -2.08. The number of carboxylic acids is 1. The molecule has 18 heavy (non-hydrogen) atoms. The number of hydrogen-bond donors (Lipinski definition) is 1. The molecule has 0 spiro atoms. The van der Waals surface area contributed by atoms with Crippen molar-refractivity contribution in [1.29, 1.82) is 0 Å². The van der Waals surface area contributed by atoms with Crippen LogP contribution >= 0.6 is 0 Å². The van der Waals surface area contributed by atoms with Gasteiger partial charge in [-0.2, -0.15) is 5.10 Å². The summed E-state index contributed by atoms with van der Waals surface area (Å²) < 4.78 is 20.3. The Bertz CT molecular complexity index is 607. The first kappa shape index (κ1) is 12.1. The molecule has 1 N–H and O–H groups in total. The first-order valence-corrected chi connectivity index (χ1v) is 5.19. The Morgan fingerprint density at radius 3 is 2.78 bits per heavy atom. The number of rotatable bonds is 3. The van der Waals surface area contributed by atoms with Gasteiger partial charge in [-0.3, -0.25) is 0 Å². The summed E-state index contributed by atoms with van der Waals surface area (Å²) in [5.41, 5.74) is 0.233. The molecule has 1 aromatic carbocycles. The van der Waals surface area contributed by atoms with E-state index in [-0.39, 0.29) is 5.75 Å². The number of aryl methyl sites for hydroxylation is 2. The average Bonchev–Trinajstić information content (AvgIpc) is 2.57. The van der Waals surface area contributed by atoms with E-state index in [9.17, 15) is 9.18 Å². The zero-order chi connectivity index (χ0) is 13.3. The van der Waals surface area contributed by atoms with Crippen LogP contribution in [0, 0.1) is 12.7 Å². The molecule has 0 saturated carbocycles. The summed E-state index contributed by atoms with van der Waals surface area (Å²) in [6.45, 7) is 1.77. The summed E-state index contributed by atoms with van der Waals surface area (Å²) in [4.78, 5) is 11.0. The van der Waals surface area contributed by atoms with Gasteiger partial charge in [0.1, 0.15) is 17.1 Å². The van der Waals surface area contributed by atoms with Crippen LogP contribution in [-0.2, 0) is 7.05 Å². The lowest BCUT2D eigenvalue weighted by Crippen LogP contribution is -2.04. The first-order valence-electron chi connectivity index (χ1n) is 5.19. The van der Waals surface area contributed by atoms with Crippen LogP contribution in [0.5, 0.6) is 11.6 Å². The maximum absolute atomic E-state index is 13.4. The van der Waals surface area contributed by atoms with Gasteiger partial charge in [0, 0.05) is 13.1 Å². The summed E-state index contributed by atoms with van der Waals surface area (Å²) in [5, 5.41) is 13.0. The van der Waals surface area contributed by atoms with Gasteiger partial charge in [0.25, 0.3) is 0 Å². The van der Waals surface area contributed by atoms with Crippen LogP contribution in [0.1, 0.15) is 16.1 Å². The molecule has 0 aliphatic rings. The maximum atomic E-state index is 13.4. The topological polar surface area (TPSA) is 64.3 Å². The molecule has 0 bridgehead atoms. The number of hydrogen-bond acceptors (Lipinski definition) is 3. The van der Waals surface area contributed by atoms with Crippen molar-refractivity contribution in [3.8, 4) is 11.6 Å². The third kappa shape index (κ3) is 2.17. The summed E-state index contributed by atoms with van der Waals surface area (Å²) in [6.07, 6.45) is 0. The number of carboxylic acid groups (broad SMARTS) is 1. The van der Waals surface area contributed by atoms with Gasteiger partial charge in [-0.1, -0.05) is 6.07 Å².